The van der Waals surface area contributed by atoms with Crippen LogP contribution in [0, 0.1) is 0 Å². The van der Waals surface area contributed by atoms with E-state index in [0.717, 1.165) is 88.8 Å². The predicted octanol–water partition coefficient (Wildman–Crippen LogP) is 13.9. The van der Waals surface area contributed by atoms with Gasteiger partial charge in [-0.2, -0.15) is 0 Å². The molecule has 0 saturated heterocycles. The molecule has 0 fully saturated rings. The average molecular weight is 911 g/mol. The minimum atomic E-state index is -0.175. The van der Waals surface area contributed by atoms with Crippen molar-refractivity contribution in [3.63, 3.8) is 0 Å². The molecule has 0 radical (unpaired) electrons. The lowest BCUT2D eigenvalue weighted by Crippen LogP contribution is -2.17. The molecule has 0 saturated carbocycles. The summed E-state index contributed by atoms with van der Waals surface area (Å²) in [7, 11) is 0. The first-order chi connectivity index (χ1) is 29.0. The van der Waals surface area contributed by atoms with Crippen molar-refractivity contribution in [1.82, 2.24) is 0 Å². The summed E-state index contributed by atoms with van der Waals surface area (Å²) in [6, 6.07) is 17.9. The lowest BCUT2D eigenvalue weighted by molar-refractivity contribution is 0.312. The van der Waals surface area contributed by atoms with E-state index in [9.17, 15) is 15.0 Å². The summed E-state index contributed by atoms with van der Waals surface area (Å²) in [5.74, 6) is 3.90. The predicted molar refractivity (Wildman–Crippen MR) is 265 cm³/mol. The molecule has 0 spiro atoms. The fraction of sp³-hybridized carbons (Fsp3) is 0.491. The number of rotatable bonds is 0. The molecule has 2 N–H and O–H groups in total. The van der Waals surface area contributed by atoms with E-state index in [0.29, 0.717) is 50.4 Å². The highest BCUT2D eigenvalue weighted by Gasteiger charge is 2.29. The molecule has 5 aromatic rings. The van der Waals surface area contributed by atoms with Crippen LogP contribution in [-0.4, -0.2) is 34.9 Å². The summed E-state index contributed by atoms with van der Waals surface area (Å²) in [5.41, 5.74) is 11.6. The molecule has 1 aliphatic carbocycles. The van der Waals surface area contributed by atoms with E-state index in [1.54, 1.807) is 23.5 Å². The molecule has 5 nitrogen and oxygen atoms in total. The fourth-order valence-corrected chi connectivity index (χ4v) is 13.5. The van der Waals surface area contributed by atoms with Crippen molar-refractivity contribution in [3.8, 4) is 23.0 Å². The molecular formula is C53H66O5S4. The summed E-state index contributed by atoms with van der Waals surface area (Å²) < 4.78 is 16.3. The maximum atomic E-state index is 12.7. The number of phenolic OH excluding ortho intramolecular Hbond substituents is 2. The topological polar surface area (TPSA) is 76.0 Å². The van der Waals surface area contributed by atoms with Crippen molar-refractivity contribution >= 4 is 46.2 Å². The zero-order chi connectivity index (χ0) is 44.9. The summed E-state index contributed by atoms with van der Waals surface area (Å²) in [6.07, 6.45) is 3.48. The van der Waals surface area contributed by atoms with Crippen LogP contribution >= 0.6 is 46.2 Å². The van der Waals surface area contributed by atoms with Gasteiger partial charge in [0.05, 0.1) is 21.6 Å². The molecule has 62 heavy (non-hydrogen) atoms. The van der Waals surface area contributed by atoms with Gasteiger partial charge >= 0.3 is 0 Å². The highest BCUT2D eigenvalue weighted by molar-refractivity contribution is 8.04. The van der Waals surface area contributed by atoms with Gasteiger partial charge in [-0.15, -0.1) is 23.5 Å². The van der Waals surface area contributed by atoms with Gasteiger partial charge in [-0.05, 0) is 101 Å². The number of aromatic hydroxyl groups is 2. The Morgan fingerprint density at radius 2 is 0.694 bits per heavy atom. The van der Waals surface area contributed by atoms with Crippen molar-refractivity contribution in [3.05, 3.63) is 124 Å². The standard InChI is InChI=1S/C53H66O5S4/c1-50(2,3)39-23-31-19-35-27-41(52(7,8)9)29-37-21-33-25-40(51(4,5)6)26-34(44(33)55)22-38-30-42(53(10,11)12)28-36(20-32(24-39)43(31)54)46(38)58-16-14-18-60-48-47(61-49(56)62-48)59-17-13-15-57-45(35)37/h23-30,54-55H,13-22H2,1-12H3. The molecule has 8 rings (SSSR count). The van der Waals surface area contributed by atoms with Gasteiger partial charge < -0.3 is 19.7 Å². The summed E-state index contributed by atoms with van der Waals surface area (Å²) >= 11 is 6.20. The highest BCUT2D eigenvalue weighted by atomic mass is 32.2. The van der Waals surface area contributed by atoms with Gasteiger partial charge in [-0.25, -0.2) is 0 Å². The Kier molecular flexibility index (Phi) is 13.5. The number of phenols is 2. The van der Waals surface area contributed by atoms with Crippen LogP contribution in [0.2, 0.25) is 0 Å². The fourth-order valence-electron chi connectivity index (χ4n) is 8.25. The van der Waals surface area contributed by atoms with Gasteiger partial charge in [-0.1, -0.05) is 154 Å². The molecule has 9 heteroatoms. The molecule has 332 valence electrons. The molecule has 0 atom stereocenters. The highest BCUT2D eigenvalue weighted by Crippen LogP contribution is 2.44. The SMILES string of the molecule is CC(C)(C)c1cc2c(O)c(c1)Cc1cc(C(C)(C)C)cc3c1OCCCSc1sc(=O)sc1SCCCOc1c(cc(C(C)(C)C)cc1Cc1cc(C(C)(C)C)cc(c1O)C3)C2. The molecule has 2 aliphatic heterocycles. The molecular weight excluding hydrogens is 845 g/mol. The van der Waals surface area contributed by atoms with Gasteiger partial charge in [0.25, 0.3) is 4.06 Å². The van der Waals surface area contributed by atoms with Crippen LogP contribution in [0.15, 0.2) is 61.7 Å². The van der Waals surface area contributed by atoms with Crippen molar-refractivity contribution in [2.75, 3.05) is 24.7 Å². The van der Waals surface area contributed by atoms with Crippen molar-refractivity contribution < 1.29 is 19.7 Å². The number of hydrogen-bond acceptors (Lipinski definition) is 9. The van der Waals surface area contributed by atoms with Crippen LogP contribution in [0.1, 0.15) is 163 Å². The second-order valence-corrected chi connectivity index (χ2v) is 26.3. The largest absolute Gasteiger partial charge is 0.507 e. The van der Waals surface area contributed by atoms with E-state index >= 15 is 0 Å². The maximum Gasteiger partial charge on any atom is 0.289 e. The first-order valence-corrected chi connectivity index (χ1v) is 25.7. The Hall–Kier alpha value is -3.37. The van der Waals surface area contributed by atoms with E-state index in [1.807, 2.05) is 0 Å². The third-order valence-corrected chi connectivity index (χ3v) is 17.3. The van der Waals surface area contributed by atoms with E-state index in [-0.39, 0.29) is 25.7 Å². The van der Waals surface area contributed by atoms with Crippen LogP contribution in [0.4, 0.5) is 0 Å². The number of ether oxygens (including phenoxy) is 2. The number of benzene rings is 4. The van der Waals surface area contributed by atoms with Crippen molar-refractivity contribution in [2.24, 2.45) is 0 Å². The molecule has 3 heterocycles. The monoisotopic (exact) mass is 910 g/mol. The van der Waals surface area contributed by atoms with Crippen LogP contribution in [0.3, 0.4) is 0 Å². The second kappa shape index (κ2) is 17.9. The molecule has 3 aliphatic rings. The molecule has 1 aromatic heterocycles. The summed E-state index contributed by atoms with van der Waals surface area (Å²) in [6.45, 7) is 27.9. The lowest BCUT2D eigenvalue weighted by Gasteiger charge is -2.28. The molecule has 0 amide bonds. The van der Waals surface area contributed by atoms with E-state index < -0.39 is 0 Å². The third-order valence-electron chi connectivity index (χ3n) is 12.1. The Morgan fingerprint density at radius 3 is 0.952 bits per heavy atom. The van der Waals surface area contributed by atoms with Gasteiger partial charge in [0.1, 0.15) is 23.0 Å². The van der Waals surface area contributed by atoms with Crippen molar-refractivity contribution in [2.45, 2.75) is 152 Å². The Balaban J connectivity index is 1.56. The molecule has 10 bridgehead atoms. The zero-order valence-electron chi connectivity index (χ0n) is 38.9. The number of hydrogen-bond donors (Lipinski definition) is 2. The smallest absolute Gasteiger partial charge is 0.289 e. The Bertz CT molecular complexity index is 2250. The van der Waals surface area contributed by atoms with Gasteiger partial charge in [0.2, 0.25) is 0 Å². The van der Waals surface area contributed by atoms with E-state index in [4.69, 9.17) is 9.47 Å². The number of thioether (sulfide) groups is 2. The first kappa shape index (κ1) is 46.6. The second-order valence-electron chi connectivity index (χ2n) is 21.4. The maximum absolute atomic E-state index is 12.7. The zero-order valence-corrected chi connectivity index (χ0v) is 42.2. The van der Waals surface area contributed by atoms with Crippen molar-refractivity contribution in [1.29, 1.82) is 0 Å². The van der Waals surface area contributed by atoms with E-state index in [2.05, 4.69) is 132 Å². The average Bonchev–Trinajstić information content (AvgIpc) is 3.51. The van der Waals surface area contributed by atoms with E-state index in [1.165, 1.54) is 44.9 Å². The molecule has 0 unspecified atom stereocenters. The quantitative estimate of drug-likeness (QED) is 0.157. The molecule has 4 aromatic carbocycles. The number of fused-ring (bicyclic) bond motifs is 8. The Labute approximate surface area is 387 Å². The van der Waals surface area contributed by atoms with Crippen LogP contribution in [-0.2, 0) is 47.3 Å². The lowest BCUT2D eigenvalue weighted by atomic mass is 9.79. The van der Waals surface area contributed by atoms with Crippen LogP contribution < -0.4 is 13.5 Å². The van der Waals surface area contributed by atoms with Crippen LogP contribution in [0.5, 0.6) is 23.0 Å². The third kappa shape index (κ3) is 10.6. The van der Waals surface area contributed by atoms with Gasteiger partial charge in [0, 0.05) is 37.2 Å². The minimum absolute atomic E-state index is 0.134. The summed E-state index contributed by atoms with van der Waals surface area (Å²) in [4.78, 5) is 12.7. The van der Waals surface area contributed by atoms with Gasteiger partial charge in [0.15, 0.2) is 0 Å². The Morgan fingerprint density at radius 1 is 0.435 bits per heavy atom. The van der Waals surface area contributed by atoms with Crippen LogP contribution in [0.25, 0.3) is 0 Å². The minimum Gasteiger partial charge on any atom is -0.507 e. The summed E-state index contributed by atoms with van der Waals surface area (Å²) in [5, 5.41) is 25.1. The van der Waals surface area contributed by atoms with Gasteiger partial charge in [-0.3, -0.25) is 4.79 Å². The first-order valence-electron chi connectivity index (χ1n) is 22.1. The normalized spacial score (nSPS) is 15.7.